The number of rotatable bonds is 5. The fraction of sp³-hybridized carbons (Fsp3) is 0.389. The lowest BCUT2D eigenvalue weighted by atomic mass is 10.2. The molecule has 11 heteroatoms. The average molecular weight is 439 g/mol. The maximum atomic E-state index is 12.6. The van der Waals surface area contributed by atoms with Gasteiger partial charge in [-0.25, -0.2) is 18.2 Å². The van der Waals surface area contributed by atoms with Crippen molar-refractivity contribution in [1.82, 2.24) is 14.8 Å². The van der Waals surface area contributed by atoms with Crippen LogP contribution < -0.4 is 4.72 Å². The highest BCUT2D eigenvalue weighted by Gasteiger charge is 2.27. The van der Waals surface area contributed by atoms with E-state index < -0.39 is 10.0 Å². The fourth-order valence-electron chi connectivity index (χ4n) is 2.78. The molecule has 2 amide bonds. The Morgan fingerprint density at radius 1 is 1.14 bits per heavy atom. The summed E-state index contributed by atoms with van der Waals surface area (Å²) >= 11 is 1.05. The number of nitrogens with zero attached hydrogens (tertiary/aromatic N) is 3. The monoisotopic (exact) mass is 438 g/mol. The number of hydrogen-bond donors (Lipinski definition) is 1. The molecule has 1 aromatic heterocycles. The van der Waals surface area contributed by atoms with Crippen LogP contribution in [0.1, 0.15) is 23.0 Å². The molecular formula is C18H22N4O5S2. The summed E-state index contributed by atoms with van der Waals surface area (Å²) in [6, 6.07) is 6.45. The van der Waals surface area contributed by atoms with E-state index >= 15 is 0 Å². The Hall–Kier alpha value is -2.66. The van der Waals surface area contributed by atoms with Gasteiger partial charge in [0.1, 0.15) is 5.69 Å². The molecule has 1 saturated heterocycles. The molecule has 1 N–H and O–H groups in total. The van der Waals surface area contributed by atoms with Crippen molar-refractivity contribution in [2.45, 2.75) is 18.7 Å². The Kier molecular flexibility index (Phi) is 6.38. The Morgan fingerprint density at radius 2 is 1.76 bits per heavy atom. The molecule has 1 fully saturated rings. The fourth-order valence-corrected chi connectivity index (χ4v) is 4.72. The second-order valence-corrected chi connectivity index (χ2v) is 8.98. The molecule has 29 heavy (non-hydrogen) atoms. The SMILES string of the molecule is CCOC(=O)N1CCN(C(=O)c2csc(NS(=O)(=O)c3ccc(C)cc3)n2)CC1. The molecule has 0 radical (unpaired) electrons. The maximum Gasteiger partial charge on any atom is 0.409 e. The first-order chi connectivity index (χ1) is 13.8. The van der Waals surface area contributed by atoms with E-state index in [9.17, 15) is 18.0 Å². The number of ether oxygens (including phenoxy) is 1. The number of aryl methyl sites for hydroxylation is 1. The van der Waals surface area contributed by atoms with Gasteiger partial charge in [-0.15, -0.1) is 11.3 Å². The van der Waals surface area contributed by atoms with Crippen molar-refractivity contribution in [2.24, 2.45) is 0 Å². The van der Waals surface area contributed by atoms with Crippen LogP contribution in [-0.2, 0) is 14.8 Å². The predicted molar refractivity (Wildman–Crippen MR) is 109 cm³/mol. The molecule has 0 bridgehead atoms. The van der Waals surface area contributed by atoms with E-state index in [0.29, 0.717) is 32.8 Å². The molecular weight excluding hydrogens is 416 g/mol. The molecule has 0 saturated carbocycles. The lowest BCUT2D eigenvalue weighted by molar-refractivity contribution is 0.0566. The van der Waals surface area contributed by atoms with Crippen LogP contribution in [0.15, 0.2) is 34.5 Å². The molecule has 0 aliphatic carbocycles. The van der Waals surface area contributed by atoms with Crippen molar-refractivity contribution < 1.29 is 22.7 Å². The minimum atomic E-state index is -3.77. The summed E-state index contributed by atoms with van der Waals surface area (Å²) in [7, 11) is -3.77. The molecule has 2 heterocycles. The zero-order valence-corrected chi connectivity index (χ0v) is 17.8. The smallest absolute Gasteiger partial charge is 0.409 e. The first-order valence-corrected chi connectivity index (χ1v) is 11.4. The van der Waals surface area contributed by atoms with Gasteiger partial charge in [-0.05, 0) is 26.0 Å². The van der Waals surface area contributed by atoms with Crippen LogP contribution in [0.2, 0.25) is 0 Å². The Bertz CT molecular complexity index is 980. The van der Waals surface area contributed by atoms with Crippen molar-refractivity contribution in [2.75, 3.05) is 37.5 Å². The summed E-state index contributed by atoms with van der Waals surface area (Å²) in [5.41, 5.74) is 1.12. The molecule has 0 unspecified atom stereocenters. The average Bonchev–Trinajstić information content (AvgIpc) is 3.16. The number of nitrogens with one attached hydrogen (secondary N) is 1. The number of piperazine rings is 1. The first kappa shape index (κ1) is 21.1. The molecule has 0 atom stereocenters. The molecule has 1 aromatic carbocycles. The third-order valence-electron chi connectivity index (χ3n) is 4.37. The van der Waals surface area contributed by atoms with E-state index in [-0.39, 0.29) is 27.7 Å². The van der Waals surface area contributed by atoms with Gasteiger partial charge in [-0.2, -0.15) is 0 Å². The summed E-state index contributed by atoms with van der Waals surface area (Å²) in [5.74, 6) is -0.300. The molecule has 1 aliphatic rings. The molecule has 156 valence electrons. The molecule has 2 aromatic rings. The van der Waals surface area contributed by atoms with Crippen LogP contribution >= 0.6 is 11.3 Å². The quantitative estimate of drug-likeness (QED) is 0.766. The lowest BCUT2D eigenvalue weighted by Crippen LogP contribution is -2.50. The second-order valence-electron chi connectivity index (χ2n) is 6.43. The number of thiazole rings is 1. The minimum absolute atomic E-state index is 0.124. The highest BCUT2D eigenvalue weighted by Crippen LogP contribution is 2.21. The standard InChI is InChI=1S/C18H22N4O5S2/c1-3-27-18(24)22-10-8-21(9-11-22)16(23)15-12-28-17(19-15)20-29(25,26)14-6-4-13(2)5-7-14/h4-7,12H,3,8-11H2,1-2H3,(H,19,20). The topological polar surface area (TPSA) is 109 Å². The summed E-state index contributed by atoms with van der Waals surface area (Å²) in [4.78, 5) is 31.8. The normalized spacial score (nSPS) is 14.6. The number of anilines is 1. The van der Waals surface area contributed by atoms with E-state index in [1.165, 1.54) is 17.5 Å². The summed E-state index contributed by atoms with van der Waals surface area (Å²) in [6.07, 6.45) is -0.388. The van der Waals surface area contributed by atoms with Gasteiger partial charge in [0.2, 0.25) is 0 Å². The second kappa shape index (κ2) is 8.78. The zero-order chi connectivity index (χ0) is 21.0. The van der Waals surface area contributed by atoms with Crippen LogP contribution in [0.3, 0.4) is 0 Å². The lowest BCUT2D eigenvalue weighted by Gasteiger charge is -2.33. The molecule has 0 spiro atoms. The van der Waals surface area contributed by atoms with Crippen LogP contribution in [0.25, 0.3) is 0 Å². The third-order valence-corrected chi connectivity index (χ3v) is 6.61. The van der Waals surface area contributed by atoms with Crippen molar-refractivity contribution in [3.8, 4) is 0 Å². The van der Waals surface area contributed by atoms with Crippen molar-refractivity contribution in [3.05, 3.63) is 40.9 Å². The van der Waals surface area contributed by atoms with Gasteiger partial charge < -0.3 is 14.5 Å². The summed E-state index contributed by atoms with van der Waals surface area (Å²) < 4.78 is 32.3. The molecule has 3 rings (SSSR count). The highest BCUT2D eigenvalue weighted by atomic mass is 32.2. The summed E-state index contributed by atoms with van der Waals surface area (Å²) in [6.45, 7) is 5.39. The number of carbonyl (C=O) groups is 2. The van der Waals surface area contributed by atoms with Crippen LogP contribution in [0.4, 0.5) is 9.93 Å². The minimum Gasteiger partial charge on any atom is -0.450 e. The number of hydrogen-bond acceptors (Lipinski definition) is 7. The number of amides is 2. The van der Waals surface area contributed by atoms with Gasteiger partial charge >= 0.3 is 6.09 Å². The van der Waals surface area contributed by atoms with E-state index in [0.717, 1.165) is 16.9 Å². The Morgan fingerprint density at radius 3 is 2.38 bits per heavy atom. The van der Waals surface area contributed by atoms with Crippen LogP contribution in [-0.4, -0.2) is 68.0 Å². The highest BCUT2D eigenvalue weighted by molar-refractivity contribution is 7.93. The molecule has 1 aliphatic heterocycles. The van der Waals surface area contributed by atoms with Gasteiger partial charge in [0.05, 0.1) is 11.5 Å². The number of benzene rings is 1. The van der Waals surface area contributed by atoms with E-state index in [2.05, 4.69) is 9.71 Å². The van der Waals surface area contributed by atoms with Gasteiger partial charge in [0.25, 0.3) is 15.9 Å². The molecule has 9 nitrogen and oxygen atoms in total. The van der Waals surface area contributed by atoms with Gasteiger partial charge in [-0.1, -0.05) is 17.7 Å². The zero-order valence-electron chi connectivity index (χ0n) is 16.1. The number of carbonyl (C=O) groups excluding carboxylic acids is 2. The Labute approximate surface area is 173 Å². The maximum absolute atomic E-state index is 12.6. The van der Waals surface area contributed by atoms with Crippen molar-refractivity contribution in [1.29, 1.82) is 0 Å². The van der Waals surface area contributed by atoms with E-state index in [1.807, 2.05) is 6.92 Å². The third kappa shape index (κ3) is 5.04. The number of sulfonamides is 1. The van der Waals surface area contributed by atoms with Gasteiger partial charge in [0.15, 0.2) is 5.13 Å². The Balaban J connectivity index is 1.62. The van der Waals surface area contributed by atoms with Crippen molar-refractivity contribution >= 4 is 38.5 Å². The number of aromatic nitrogens is 1. The predicted octanol–water partition coefficient (Wildman–Crippen LogP) is 2.17. The van der Waals surface area contributed by atoms with E-state index in [1.54, 1.807) is 28.9 Å². The van der Waals surface area contributed by atoms with Gasteiger partial charge in [0, 0.05) is 31.6 Å². The van der Waals surface area contributed by atoms with Crippen LogP contribution in [0.5, 0.6) is 0 Å². The first-order valence-electron chi connectivity index (χ1n) is 9.06. The van der Waals surface area contributed by atoms with E-state index in [4.69, 9.17) is 4.74 Å². The van der Waals surface area contributed by atoms with Crippen molar-refractivity contribution in [3.63, 3.8) is 0 Å². The largest absolute Gasteiger partial charge is 0.450 e. The van der Waals surface area contributed by atoms with Crippen LogP contribution in [0, 0.1) is 6.92 Å². The summed E-state index contributed by atoms with van der Waals surface area (Å²) in [5, 5.41) is 1.65. The van der Waals surface area contributed by atoms with Gasteiger partial charge in [-0.3, -0.25) is 9.52 Å².